The van der Waals surface area contributed by atoms with Crippen LogP contribution in [0.1, 0.15) is 22.3 Å². The van der Waals surface area contributed by atoms with Crippen molar-refractivity contribution in [2.24, 2.45) is 0 Å². The Morgan fingerprint density at radius 2 is 1.53 bits per heavy atom. The maximum atomic E-state index is 13.3. The first kappa shape index (κ1) is 24.0. The third-order valence-corrected chi connectivity index (χ3v) is 7.32. The molecule has 0 fully saturated rings. The molecule has 0 atom stereocenters. The minimum atomic E-state index is -3.89. The van der Waals surface area contributed by atoms with Gasteiger partial charge in [-0.15, -0.1) is 0 Å². The van der Waals surface area contributed by atoms with Crippen molar-refractivity contribution >= 4 is 33.2 Å². The van der Waals surface area contributed by atoms with Gasteiger partial charge >= 0.3 is 0 Å². The van der Waals surface area contributed by atoms with Crippen LogP contribution in [0, 0.1) is 20.8 Å². The lowest BCUT2D eigenvalue weighted by Gasteiger charge is -2.22. The second-order valence-corrected chi connectivity index (χ2v) is 10.2. The van der Waals surface area contributed by atoms with E-state index in [1.807, 2.05) is 63.2 Å². The first-order chi connectivity index (χ1) is 15.2. The van der Waals surface area contributed by atoms with Crippen LogP contribution in [0.15, 0.2) is 71.6 Å². The number of rotatable bonds is 8. The zero-order valence-electron chi connectivity index (χ0n) is 18.4. The minimum Gasteiger partial charge on any atom is -0.324 e. The molecule has 0 aliphatic carbocycles. The highest BCUT2D eigenvalue weighted by molar-refractivity contribution is 7.89. The van der Waals surface area contributed by atoms with Crippen molar-refractivity contribution in [2.45, 2.75) is 32.1 Å². The van der Waals surface area contributed by atoms with Crippen molar-refractivity contribution in [3.8, 4) is 0 Å². The highest BCUT2D eigenvalue weighted by atomic mass is 35.5. The van der Waals surface area contributed by atoms with Gasteiger partial charge in [-0.3, -0.25) is 4.79 Å². The predicted octanol–water partition coefficient (Wildman–Crippen LogP) is 5.14. The number of sulfonamides is 1. The van der Waals surface area contributed by atoms with E-state index in [9.17, 15) is 13.2 Å². The molecule has 1 amide bonds. The fraction of sp³-hybridized carbons (Fsp3) is 0.240. The fourth-order valence-corrected chi connectivity index (χ4v) is 5.18. The van der Waals surface area contributed by atoms with Crippen LogP contribution in [0.25, 0.3) is 0 Å². The summed E-state index contributed by atoms with van der Waals surface area (Å²) >= 11 is 5.93. The molecule has 0 spiro atoms. The molecule has 0 aliphatic rings. The number of hydrogen-bond acceptors (Lipinski definition) is 3. The predicted molar refractivity (Wildman–Crippen MR) is 130 cm³/mol. The Hall–Kier alpha value is -2.67. The summed E-state index contributed by atoms with van der Waals surface area (Å²) in [5.41, 5.74) is 4.69. The number of aryl methyl sites for hydroxylation is 3. The van der Waals surface area contributed by atoms with E-state index in [-0.39, 0.29) is 23.9 Å². The van der Waals surface area contributed by atoms with Crippen molar-refractivity contribution < 1.29 is 13.2 Å². The first-order valence-electron chi connectivity index (χ1n) is 10.3. The van der Waals surface area contributed by atoms with Gasteiger partial charge in [-0.05, 0) is 68.1 Å². The summed E-state index contributed by atoms with van der Waals surface area (Å²) in [4.78, 5) is 13.0. The third-order valence-electron chi connectivity index (χ3n) is 5.21. The molecule has 3 aromatic carbocycles. The topological polar surface area (TPSA) is 66.5 Å². The number of amides is 1. The Labute approximate surface area is 195 Å². The van der Waals surface area contributed by atoms with Gasteiger partial charge in [0.1, 0.15) is 0 Å². The first-order valence-corrected chi connectivity index (χ1v) is 12.2. The quantitative estimate of drug-likeness (QED) is 0.495. The van der Waals surface area contributed by atoms with Crippen molar-refractivity contribution in [2.75, 3.05) is 18.4 Å². The average molecular weight is 471 g/mol. The van der Waals surface area contributed by atoms with E-state index in [1.165, 1.54) is 28.6 Å². The van der Waals surface area contributed by atoms with Crippen molar-refractivity contribution in [3.05, 3.63) is 94.0 Å². The van der Waals surface area contributed by atoms with E-state index in [1.54, 1.807) is 0 Å². The zero-order valence-corrected chi connectivity index (χ0v) is 20.0. The SMILES string of the molecule is Cc1cc(C)c(NC(=O)CN(CCc2ccccc2)S(=O)(=O)c2ccc(Cl)cc2)c(C)c1. The summed E-state index contributed by atoms with van der Waals surface area (Å²) in [5.74, 6) is -0.384. The number of anilines is 1. The smallest absolute Gasteiger partial charge is 0.243 e. The second kappa shape index (κ2) is 10.3. The van der Waals surface area contributed by atoms with E-state index < -0.39 is 10.0 Å². The van der Waals surface area contributed by atoms with Crippen LogP contribution >= 0.6 is 11.6 Å². The number of halogens is 1. The highest BCUT2D eigenvalue weighted by Crippen LogP contribution is 2.23. The van der Waals surface area contributed by atoms with Crippen molar-refractivity contribution in [1.82, 2.24) is 4.31 Å². The Morgan fingerprint density at radius 3 is 2.12 bits per heavy atom. The number of carbonyl (C=O) groups excluding carboxylic acids is 1. The summed E-state index contributed by atoms with van der Waals surface area (Å²) in [7, 11) is -3.89. The normalized spacial score (nSPS) is 11.5. The highest BCUT2D eigenvalue weighted by Gasteiger charge is 2.27. The molecule has 32 heavy (non-hydrogen) atoms. The molecule has 0 bridgehead atoms. The number of hydrogen-bond donors (Lipinski definition) is 1. The molecule has 5 nitrogen and oxygen atoms in total. The van der Waals surface area contributed by atoms with Gasteiger partial charge in [0.15, 0.2) is 0 Å². The lowest BCUT2D eigenvalue weighted by molar-refractivity contribution is -0.116. The summed E-state index contributed by atoms with van der Waals surface area (Å²) < 4.78 is 27.9. The summed E-state index contributed by atoms with van der Waals surface area (Å²) in [6.45, 7) is 5.73. The van der Waals surface area contributed by atoms with Gasteiger partial charge in [0, 0.05) is 17.3 Å². The lowest BCUT2D eigenvalue weighted by atomic mass is 10.1. The van der Waals surface area contributed by atoms with Gasteiger partial charge in [0.25, 0.3) is 0 Å². The minimum absolute atomic E-state index is 0.102. The van der Waals surface area contributed by atoms with Crippen LogP contribution in [-0.4, -0.2) is 31.7 Å². The molecule has 0 saturated heterocycles. The van der Waals surface area contributed by atoms with Gasteiger partial charge in [-0.1, -0.05) is 59.6 Å². The van der Waals surface area contributed by atoms with Gasteiger partial charge in [0.05, 0.1) is 11.4 Å². The van der Waals surface area contributed by atoms with Gasteiger partial charge in [-0.2, -0.15) is 4.31 Å². The van der Waals surface area contributed by atoms with Crippen LogP contribution in [0.2, 0.25) is 5.02 Å². The van der Waals surface area contributed by atoms with E-state index in [4.69, 9.17) is 11.6 Å². The number of nitrogens with zero attached hydrogens (tertiary/aromatic N) is 1. The van der Waals surface area contributed by atoms with E-state index in [2.05, 4.69) is 5.32 Å². The fourth-order valence-electron chi connectivity index (χ4n) is 3.65. The van der Waals surface area contributed by atoms with E-state index in [0.717, 1.165) is 22.3 Å². The van der Waals surface area contributed by atoms with Crippen LogP contribution in [-0.2, 0) is 21.2 Å². The van der Waals surface area contributed by atoms with Crippen molar-refractivity contribution in [1.29, 1.82) is 0 Å². The molecule has 0 aromatic heterocycles. The van der Waals surface area contributed by atoms with Crippen LogP contribution in [0.5, 0.6) is 0 Å². The molecule has 0 aliphatic heterocycles. The Morgan fingerprint density at radius 1 is 0.938 bits per heavy atom. The summed E-state index contributed by atoms with van der Waals surface area (Å²) in [6, 6.07) is 19.5. The number of benzene rings is 3. The maximum Gasteiger partial charge on any atom is 0.243 e. The maximum absolute atomic E-state index is 13.3. The van der Waals surface area contributed by atoms with Gasteiger partial charge < -0.3 is 5.32 Å². The molecular weight excluding hydrogens is 444 g/mol. The molecule has 168 valence electrons. The molecule has 3 rings (SSSR count). The average Bonchev–Trinajstić information content (AvgIpc) is 2.74. The second-order valence-electron chi connectivity index (χ2n) is 7.85. The molecule has 1 N–H and O–H groups in total. The van der Waals surface area contributed by atoms with Gasteiger partial charge in [0.2, 0.25) is 15.9 Å². The van der Waals surface area contributed by atoms with E-state index in [0.29, 0.717) is 17.1 Å². The van der Waals surface area contributed by atoms with Gasteiger partial charge in [-0.25, -0.2) is 8.42 Å². The lowest BCUT2D eigenvalue weighted by Crippen LogP contribution is -2.39. The standard InChI is InChI=1S/C25H27ClN2O3S/c1-18-15-19(2)25(20(3)16-18)27-24(29)17-28(14-13-21-7-5-4-6-8-21)32(30,31)23-11-9-22(26)10-12-23/h4-12,15-16H,13-14,17H2,1-3H3,(H,27,29). The molecule has 3 aromatic rings. The monoisotopic (exact) mass is 470 g/mol. The van der Waals surface area contributed by atoms with Crippen LogP contribution in [0.3, 0.4) is 0 Å². The Balaban J connectivity index is 1.84. The zero-order chi connectivity index (χ0) is 23.3. The summed E-state index contributed by atoms with van der Waals surface area (Å²) in [5, 5.41) is 3.35. The van der Waals surface area contributed by atoms with E-state index >= 15 is 0 Å². The largest absolute Gasteiger partial charge is 0.324 e. The molecule has 0 saturated carbocycles. The van der Waals surface area contributed by atoms with Crippen molar-refractivity contribution in [3.63, 3.8) is 0 Å². The molecule has 7 heteroatoms. The molecule has 0 heterocycles. The van der Waals surface area contributed by atoms with Crippen LogP contribution < -0.4 is 5.32 Å². The summed E-state index contributed by atoms with van der Waals surface area (Å²) in [6.07, 6.45) is 0.490. The molecular formula is C25H27ClN2O3S. The Bertz CT molecular complexity index is 1170. The third kappa shape index (κ3) is 5.97. The van der Waals surface area contributed by atoms with Crippen LogP contribution in [0.4, 0.5) is 5.69 Å². The molecule has 0 unspecified atom stereocenters. The molecule has 0 radical (unpaired) electrons. The number of nitrogens with one attached hydrogen (secondary N) is 1. The number of carbonyl (C=O) groups is 1. The Kier molecular flexibility index (Phi) is 7.72.